The molecule has 0 radical (unpaired) electrons. The number of ether oxygens (including phenoxy) is 1. The van der Waals surface area contributed by atoms with Crippen LogP contribution in [0.1, 0.15) is 5.56 Å². The van der Waals surface area contributed by atoms with Crippen molar-refractivity contribution in [2.45, 2.75) is 6.42 Å². The zero-order valence-corrected chi connectivity index (χ0v) is 14.8. The van der Waals surface area contributed by atoms with Crippen molar-refractivity contribution in [1.82, 2.24) is 4.90 Å². The first-order chi connectivity index (χ1) is 12.1. The van der Waals surface area contributed by atoms with Crippen molar-refractivity contribution >= 4 is 23.2 Å². The molecule has 2 aromatic rings. The van der Waals surface area contributed by atoms with Crippen LogP contribution >= 0.6 is 11.6 Å². The quantitative estimate of drug-likeness (QED) is 0.836. The van der Waals surface area contributed by atoms with E-state index in [0.717, 1.165) is 5.69 Å². The van der Waals surface area contributed by atoms with Crippen molar-refractivity contribution in [3.63, 3.8) is 0 Å². The van der Waals surface area contributed by atoms with Crippen molar-refractivity contribution in [1.29, 1.82) is 0 Å². The Hall–Kier alpha value is -2.27. The molecule has 0 N–H and O–H groups in total. The average Bonchev–Trinajstić information content (AvgIpc) is 2.63. The Labute approximate surface area is 151 Å². The predicted octanol–water partition coefficient (Wildman–Crippen LogP) is 3.38. The lowest BCUT2D eigenvalue weighted by Gasteiger charge is -2.36. The number of benzene rings is 2. The highest BCUT2D eigenvalue weighted by Gasteiger charge is 2.22. The summed E-state index contributed by atoms with van der Waals surface area (Å²) in [5.41, 5.74) is 1.45. The maximum atomic E-state index is 13.7. The molecule has 0 spiro atoms. The second-order valence-corrected chi connectivity index (χ2v) is 6.36. The van der Waals surface area contributed by atoms with E-state index < -0.39 is 0 Å². The standard InChI is InChI=1S/C19H20ClFN2O2/c1-25-18-7-6-15(13-16(18)20)22-8-10-23(11-9-22)19(24)12-14-4-2-3-5-17(14)21/h2-7,13H,8-12H2,1H3. The van der Waals surface area contributed by atoms with Gasteiger partial charge in [-0.05, 0) is 29.8 Å². The number of nitrogens with zero attached hydrogens (tertiary/aromatic N) is 2. The van der Waals surface area contributed by atoms with Crippen LogP contribution in [0.5, 0.6) is 5.75 Å². The molecule has 2 aromatic carbocycles. The summed E-state index contributed by atoms with van der Waals surface area (Å²) in [6.07, 6.45) is 0.0983. The van der Waals surface area contributed by atoms with Gasteiger partial charge in [0.25, 0.3) is 0 Å². The number of carbonyl (C=O) groups excluding carboxylic acids is 1. The zero-order chi connectivity index (χ0) is 17.8. The lowest BCUT2D eigenvalue weighted by molar-refractivity contribution is -0.130. The summed E-state index contributed by atoms with van der Waals surface area (Å²) in [6.45, 7) is 2.64. The first-order valence-electron chi connectivity index (χ1n) is 8.18. The average molecular weight is 363 g/mol. The van der Waals surface area contributed by atoms with Crippen molar-refractivity contribution in [2.24, 2.45) is 0 Å². The maximum Gasteiger partial charge on any atom is 0.227 e. The third-order valence-electron chi connectivity index (χ3n) is 4.43. The second kappa shape index (κ2) is 7.74. The van der Waals surface area contributed by atoms with E-state index in [1.54, 1.807) is 30.2 Å². The SMILES string of the molecule is COc1ccc(N2CCN(C(=O)Cc3ccccc3F)CC2)cc1Cl. The van der Waals surface area contributed by atoms with Gasteiger partial charge in [-0.1, -0.05) is 29.8 Å². The van der Waals surface area contributed by atoms with Crippen LogP contribution in [-0.4, -0.2) is 44.1 Å². The van der Waals surface area contributed by atoms with E-state index in [0.29, 0.717) is 42.5 Å². The predicted molar refractivity (Wildman–Crippen MR) is 96.9 cm³/mol. The molecule has 0 bridgehead atoms. The van der Waals surface area contributed by atoms with Crippen LogP contribution in [0, 0.1) is 5.82 Å². The molecule has 6 heteroatoms. The van der Waals surface area contributed by atoms with Crippen LogP contribution in [0.2, 0.25) is 5.02 Å². The van der Waals surface area contributed by atoms with Gasteiger partial charge in [-0.25, -0.2) is 4.39 Å². The molecule has 0 saturated carbocycles. The monoisotopic (exact) mass is 362 g/mol. The highest BCUT2D eigenvalue weighted by molar-refractivity contribution is 6.32. The van der Waals surface area contributed by atoms with E-state index in [-0.39, 0.29) is 18.1 Å². The molecule has 0 aliphatic carbocycles. The minimum Gasteiger partial charge on any atom is -0.495 e. The molecule has 3 rings (SSSR count). The number of halogens is 2. The molecule has 4 nitrogen and oxygen atoms in total. The van der Waals surface area contributed by atoms with E-state index in [9.17, 15) is 9.18 Å². The molecular formula is C19H20ClFN2O2. The van der Waals surface area contributed by atoms with Gasteiger partial charge in [-0.15, -0.1) is 0 Å². The summed E-state index contributed by atoms with van der Waals surface area (Å²) in [7, 11) is 1.58. The second-order valence-electron chi connectivity index (χ2n) is 5.95. The van der Waals surface area contributed by atoms with Gasteiger partial charge < -0.3 is 14.5 Å². The molecule has 1 heterocycles. The molecule has 1 fully saturated rings. The molecule has 25 heavy (non-hydrogen) atoms. The fourth-order valence-electron chi connectivity index (χ4n) is 2.98. The van der Waals surface area contributed by atoms with Crippen molar-refractivity contribution in [3.8, 4) is 5.75 Å². The lowest BCUT2D eigenvalue weighted by Crippen LogP contribution is -2.49. The van der Waals surface area contributed by atoms with Gasteiger partial charge in [0.1, 0.15) is 11.6 Å². The van der Waals surface area contributed by atoms with Crippen LogP contribution in [-0.2, 0) is 11.2 Å². The Morgan fingerprint density at radius 3 is 2.52 bits per heavy atom. The highest BCUT2D eigenvalue weighted by atomic mass is 35.5. The van der Waals surface area contributed by atoms with Gasteiger partial charge in [0.05, 0.1) is 18.6 Å². The van der Waals surface area contributed by atoms with Gasteiger partial charge in [0.15, 0.2) is 0 Å². The lowest BCUT2D eigenvalue weighted by atomic mass is 10.1. The number of anilines is 1. The Morgan fingerprint density at radius 2 is 1.88 bits per heavy atom. The summed E-state index contributed by atoms with van der Waals surface area (Å²) in [6, 6.07) is 12.1. The van der Waals surface area contributed by atoms with Crippen LogP contribution in [0.4, 0.5) is 10.1 Å². The smallest absolute Gasteiger partial charge is 0.227 e. The van der Waals surface area contributed by atoms with Crippen molar-refractivity contribution < 1.29 is 13.9 Å². The Kier molecular flexibility index (Phi) is 5.43. The topological polar surface area (TPSA) is 32.8 Å². The van der Waals surface area contributed by atoms with Crippen LogP contribution < -0.4 is 9.64 Å². The zero-order valence-electron chi connectivity index (χ0n) is 14.0. The maximum absolute atomic E-state index is 13.7. The molecule has 1 aliphatic rings. The van der Waals surface area contributed by atoms with Crippen LogP contribution in [0.3, 0.4) is 0 Å². The van der Waals surface area contributed by atoms with Crippen LogP contribution in [0.15, 0.2) is 42.5 Å². The fourth-order valence-corrected chi connectivity index (χ4v) is 3.23. The summed E-state index contributed by atoms with van der Waals surface area (Å²) in [5.74, 6) is 0.268. The Balaban J connectivity index is 1.59. The largest absolute Gasteiger partial charge is 0.495 e. The minimum atomic E-state index is -0.331. The molecule has 132 valence electrons. The molecule has 1 amide bonds. The number of amides is 1. The number of hydrogen-bond donors (Lipinski definition) is 0. The van der Waals surface area contributed by atoms with Crippen molar-refractivity contribution in [2.75, 3.05) is 38.2 Å². The summed E-state index contributed by atoms with van der Waals surface area (Å²) in [5, 5.41) is 0.568. The van der Waals surface area contributed by atoms with E-state index in [2.05, 4.69) is 4.90 Å². The van der Waals surface area contributed by atoms with Gasteiger partial charge in [-0.3, -0.25) is 4.79 Å². The molecule has 0 unspecified atom stereocenters. The number of methoxy groups -OCH3 is 1. The summed E-state index contributed by atoms with van der Waals surface area (Å²) < 4.78 is 18.9. The van der Waals surface area contributed by atoms with Crippen LogP contribution in [0.25, 0.3) is 0 Å². The molecule has 0 atom stereocenters. The first kappa shape index (κ1) is 17.5. The number of piperazine rings is 1. The minimum absolute atomic E-state index is 0.0440. The highest BCUT2D eigenvalue weighted by Crippen LogP contribution is 2.29. The molecular weight excluding hydrogens is 343 g/mol. The molecule has 0 aromatic heterocycles. The van der Waals surface area contributed by atoms with Gasteiger partial charge in [0.2, 0.25) is 5.91 Å². The molecule has 1 aliphatic heterocycles. The van der Waals surface area contributed by atoms with Gasteiger partial charge in [0, 0.05) is 31.9 Å². The number of hydrogen-bond acceptors (Lipinski definition) is 3. The molecule has 1 saturated heterocycles. The van der Waals surface area contributed by atoms with E-state index in [4.69, 9.17) is 16.3 Å². The van der Waals surface area contributed by atoms with Gasteiger partial charge >= 0.3 is 0 Å². The third-order valence-corrected chi connectivity index (χ3v) is 4.73. The van der Waals surface area contributed by atoms with Crippen molar-refractivity contribution in [3.05, 3.63) is 58.9 Å². The third kappa shape index (κ3) is 4.04. The summed E-state index contributed by atoms with van der Waals surface area (Å²) in [4.78, 5) is 16.4. The summed E-state index contributed by atoms with van der Waals surface area (Å²) >= 11 is 6.18. The normalized spacial score (nSPS) is 14.5. The fraction of sp³-hybridized carbons (Fsp3) is 0.316. The number of rotatable bonds is 4. The van der Waals surface area contributed by atoms with E-state index in [1.165, 1.54) is 6.07 Å². The number of carbonyl (C=O) groups is 1. The Morgan fingerprint density at radius 1 is 1.16 bits per heavy atom. The Bertz CT molecular complexity index is 761. The van der Waals surface area contributed by atoms with Gasteiger partial charge in [-0.2, -0.15) is 0 Å². The van der Waals surface area contributed by atoms with E-state index in [1.807, 2.05) is 18.2 Å². The van der Waals surface area contributed by atoms with E-state index >= 15 is 0 Å². The first-order valence-corrected chi connectivity index (χ1v) is 8.56.